The summed E-state index contributed by atoms with van der Waals surface area (Å²) in [6, 6.07) is 9.56. The first-order chi connectivity index (χ1) is 19.9. The van der Waals surface area contributed by atoms with Crippen LogP contribution in [0.5, 0.6) is 5.75 Å². The summed E-state index contributed by atoms with van der Waals surface area (Å²) in [7, 11) is 1.94. The third-order valence-electron chi connectivity index (χ3n) is 8.90. The van der Waals surface area contributed by atoms with E-state index in [0.717, 1.165) is 54.7 Å². The second kappa shape index (κ2) is 13.0. The maximum atomic E-state index is 13.9. The van der Waals surface area contributed by atoms with Crippen molar-refractivity contribution >= 4 is 23.5 Å². The highest BCUT2D eigenvalue weighted by Crippen LogP contribution is 2.41. The number of anilines is 1. The average molecular weight is 564 g/mol. The highest BCUT2D eigenvalue weighted by molar-refractivity contribution is 5.94. The number of unbranched alkanes of at least 4 members (excludes halogenated alkanes) is 1. The lowest BCUT2D eigenvalue weighted by molar-refractivity contribution is -0.670. The Morgan fingerprint density at radius 2 is 2.05 bits per heavy atom. The lowest BCUT2D eigenvalue weighted by atomic mass is 9.83. The van der Waals surface area contributed by atoms with Crippen molar-refractivity contribution in [3.63, 3.8) is 0 Å². The van der Waals surface area contributed by atoms with Gasteiger partial charge in [-0.2, -0.15) is 0 Å². The molecule has 0 aliphatic carbocycles. The van der Waals surface area contributed by atoms with Crippen LogP contribution in [0.2, 0.25) is 0 Å². The van der Waals surface area contributed by atoms with Gasteiger partial charge in [-0.25, -0.2) is 4.57 Å². The fourth-order valence-corrected chi connectivity index (χ4v) is 6.72. The number of hydrogen-bond acceptors (Lipinski definition) is 5. The molecule has 2 amide bonds. The number of pyridine rings is 1. The smallest absolute Gasteiger partial charge is 0.308 e. The number of carbonyl (C=O) groups is 3. The average Bonchev–Trinajstić information content (AvgIpc) is 3.57. The van der Waals surface area contributed by atoms with Crippen LogP contribution in [0.4, 0.5) is 5.69 Å². The monoisotopic (exact) mass is 563 g/mol. The van der Waals surface area contributed by atoms with Crippen LogP contribution in [0.3, 0.4) is 0 Å². The van der Waals surface area contributed by atoms with E-state index in [4.69, 9.17) is 4.74 Å². The van der Waals surface area contributed by atoms with E-state index in [1.807, 2.05) is 58.1 Å². The number of likely N-dealkylation sites (tertiary alicyclic amines) is 2. The number of carbonyl (C=O) groups excluding carboxylic acids is 2. The van der Waals surface area contributed by atoms with Crippen LogP contribution in [-0.2, 0) is 27.9 Å². The number of aromatic nitrogens is 1. The van der Waals surface area contributed by atoms with Gasteiger partial charge in [-0.1, -0.05) is 25.5 Å². The minimum atomic E-state index is -0.852. The summed E-state index contributed by atoms with van der Waals surface area (Å²) in [5.74, 6) is -0.811. The summed E-state index contributed by atoms with van der Waals surface area (Å²) in [5, 5.41) is 10.6. The van der Waals surface area contributed by atoms with E-state index < -0.39 is 11.9 Å². The van der Waals surface area contributed by atoms with Gasteiger partial charge >= 0.3 is 5.97 Å². The Hall–Kier alpha value is -3.46. The van der Waals surface area contributed by atoms with Crippen molar-refractivity contribution in [2.45, 2.75) is 63.8 Å². The zero-order valence-corrected chi connectivity index (χ0v) is 24.3. The van der Waals surface area contributed by atoms with Crippen LogP contribution in [0.25, 0.3) is 0 Å². The minimum Gasteiger partial charge on any atom is -0.493 e. The van der Waals surface area contributed by atoms with E-state index in [0.29, 0.717) is 45.6 Å². The number of aliphatic carboxylic acids is 1. The molecule has 2 aromatic rings. The van der Waals surface area contributed by atoms with Crippen molar-refractivity contribution < 1.29 is 28.8 Å². The number of piperidine rings is 1. The van der Waals surface area contributed by atoms with E-state index in [2.05, 4.69) is 17.9 Å². The molecular weight excluding hydrogens is 520 g/mol. The number of rotatable bonds is 11. The predicted octanol–water partition coefficient (Wildman–Crippen LogP) is 3.15. The van der Waals surface area contributed by atoms with Gasteiger partial charge < -0.3 is 19.6 Å². The first-order valence-electron chi connectivity index (χ1n) is 15.1. The Balaban J connectivity index is 1.42. The Morgan fingerprint density at radius 3 is 2.80 bits per heavy atom. The molecule has 41 heavy (non-hydrogen) atoms. The van der Waals surface area contributed by atoms with E-state index in [-0.39, 0.29) is 30.3 Å². The van der Waals surface area contributed by atoms with E-state index in [1.54, 1.807) is 0 Å². The fraction of sp³-hybridized carbons (Fsp3) is 0.562. The number of nitrogens with zero attached hydrogens (tertiary/aromatic N) is 4. The first-order valence-corrected chi connectivity index (χ1v) is 15.1. The lowest BCUT2D eigenvalue weighted by Gasteiger charge is -2.32. The first kappa shape index (κ1) is 29.0. The van der Waals surface area contributed by atoms with Crippen molar-refractivity contribution in [2.24, 2.45) is 13.0 Å². The zero-order chi connectivity index (χ0) is 28.9. The van der Waals surface area contributed by atoms with Gasteiger partial charge in [-0.15, -0.1) is 0 Å². The molecule has 9 heteroatoms. The van der Waals surface area contributed by atoms with Gasteiger partial charge in [0.1, 0.15) is 18.5 Å². The van der Waals surface area contributed by atoms with Crippen LogP contribution >= 0.6 is 0 Å². The van der Waals surface area contributed by atoms with Crippen molar-refractivity contribution in [1.29, 1.82) is 0 Å². The molecular formula is C32H43N4O5+. The molecule has 2 saturated heterocycles. The number of carboxylic acids is 1. The van der Waals surface area contributed by atoms with Gasteiger partial charge in [0.15, 0.2) is 12.4 Å². The molecule has 0 saturated carbocycles. The number of carboxylic acid groups (broad SMARTS) is 1. The van der Waals surface area contributed by atoms with Crippen LogP contribution in [0.1, 0.15) is 62.5 Å². The quantitative estimate of drug-likeness (QED) is 0.422. The van der Waals surface area contributed by atoms with Crippen LogP contribution in [0, 0.1) is 5.92 Å². The van der Waals surface area contributed by atoms with Crippen LogP contribution < -0.4 is 14.2 Å². The van der Waals surface area contributed by atoms with Crippen LogP contribution in [0.15, 0.2) is 42.7 Å². The zero-order valence-electron chi connectivity index (χ0n) is 24.3. The van der Waals surface area contributed by atoms with E-state index in [1.165, 1.54) is 0 Å². The third kappa shape index (κ3) is 6.56. The SMILES string of the molecule is CCCCN(C(=O)CN1C[C@H](c2ccc3c(c2)CCO3)[C@@H](C(=O)O)[C@@H]1CCN1CCCCC1=O)c1ccc[n+](C)c1. The van der Waals surface area contributed by atoms with Gasteiger partial charge in [0.2, 0.25) is 11.8 Å². The van der Waals surface area contributed by atoms with Crippen molar-refractivity contribution in [3.05, 3.63) is 53.9 Å². The minimum absolute atomic E-state index is 0.0316. The van der Waals surface area contributed by atoms with Crippen molar-refractivity contribution in [1.82, 2.24) is 9.80 Å². The largest absolute Gasteiger partial charge is 0.493 e. The normalized spacial score (nSPS) is 22.4. The van der Waals surface area contributed by atoms with E-state index >= 15 is 0 Å². The summed E-state index contributed by atoms with van der Waals surface area (Å²) in [6.07, 6.45) is 9.50. The highest BCUT2D eigenvalue weighted by Gasteiger charge is 2.47. The molecule has 0 spiro atoms. The molecule has 220 valence electrons. The van der Waals surface area contributed by atoms with Gasteiger partial charge in [0.25, 0.3) is 0 Å². The molecule has 1 aromatic heterocycles. The second-order valence-electron chi connectivity index (χ2n) is 11.7. The fourth-order valence-electron chi connectivity index (χ4n) is 6.72. The number of aryl methyl sites for hydroxylation is 1. The molecule has 3 aliphatic rings. The molecule has 0 unspecified atom stereocenters. The number of fused-ring (bicyclic) bond motifs is 1. The maximum absolute atomic E-state index is 13.9. The summed E-state index contributed by atoms with van der Waals surface area (Å²) in [6.45, 7) is 5.19. The molecule has 5 rings (SSSR count). The molecule has 1 N–H and O–H groups in total. The molecule has 4 heterocycles. The summed E-state index contributed by atoms with van der Waals surface area (Å²) < 4.78 is 7.63. The lowest BCUT2D eigenvalue weighted by Crippen LogP contribution is -2.46. The molecule has 9 nitrogen and oxygen atoms in total. The molecule has 3 aliphatic heterocycles. The number of amides is 2. The Kier molecular flexibility index (Phi) is 9.22. The highest BCUT2D eigenvalue weighted by atomic mass is 16.5. The van der Waals surface area contributed by atoms with Crippen LogP contribution in [-0.4, -0.2) is 78.1 Å². The summed E-state index contributed by atoms with van der Waals surface area (Å²) >= 11 is 0. The second-order valence-corrected chi connectivity index (χ2v) is 11.7. The molecule has 0 radical (unpaired) electrons. The maximum Gasteiger partial charge on any atom is 0.308 e. The molecule has 3 atom stereocenters. The Labute approximate surface area is 242 Å². The van der Waals surface area contributed by atoms with Crippen molar-refractivity contribution in [3.8, 4) is 5.75 Å². The van der Waals surface area contributed by atoms with Gasteiger partial charge in [-0.3, -0.25) is 19.3 Å². The van der Waals surface area contributed by atoms with Crippen molar-refractivity contribution in [2.75, 3.05) is 44.2 Å². The number of ether oxygens (including phenoxy) is 1. The number of benzene rings is 1. The summed E-state index contributed by atoms with van der Waals surface area (Å²) in [5.41, 5.74) is 2.93. The molecule has 1 aromatic carbocycles. The number of hydrogen-bond donors (Lipinski definition) is 1. The predicted molar refractivity (Wildman–Crippen MR) is 155 cm³/mol. The standard InChI is InChI=1S/C32H42N4O5/c1-3-4-16-36(25-8-7-14-33(2)20-25)30(38)22-35-21-26(23-10-11-28-24(19-23)13-18-41-28)31(32(39)40)27(35)12-17-34-15-6-5-9-29(34)37/h7-8,10-11,14,19-20,26-27,31H,3-6,9,12-13,15-18,21-22H2,1-2H3/p+1/t26-,27+,31-/m1/s1. The Bertz CT molecular complexity index is 1270. The third-order valence-corrected chi connectivity index (χ3v) is 8.90. The molecule has 2 fully saturated rings. The van der Waals surface area contributed by atoms with Gasteiger partial charge in [0, 0.05) is 57.0 Å². The molecule has 0 bridgehead atoms. The van der Waals surface area contributed by atoms with Gasteiger partial charge in [0.05, 0.1) is 19.1 Å². The van der Waals surface area contributed by atoms with E-state index in [9.17, 15) is 19.5 Å². The Morgan fingerprint density at radius 1 is 1.20 bits per heavy atom. The van der Waals surface area contributed by atoms with Gasteiger partial charge in [-0.05, 0) is 48.9 Å². The summed E-state index contributed by atoms with van der Waals surface area (Å²) in [4.78, 5) is 45.2. The topological polar surface area (TPSA) is 94.3 Å².